The molecule has 0 aliphatic heterocycles. The van der Waals surface area contributed by atoms with Gasteiger partial charge in [0.2, 0.25) is 0 Å². The first-order valence-electron chi connectivity index (χ1n) is 4.96. The van der Waals surface area contributed by atoms with Crippen LogP contribution in [-0.2, 0) is 0 Å². The van der Waals surface area contributed by atoms with Crippen molar-refractivity contribution in [2.24, 2.45) is 5.92 Å². The number of benzene rings is 1. The van der Waals surface area contributed by atoms with Gasteiger partial charge in [0.05, 0.1) is 11.6 Å². The van der Waals surface area contributed by atoms with Crippen LogP contribution in [-0.4, -0.2) is 5.78 Å². The highest BCUT2D eigenvalue weighted by molar-refractivity contribution is 5.98. The van der Waals surface area contributed by atoms with Crippen LogP contribution in [0.1, 0.15) is 30.1 Å². The average molecular weight is 223 g/mol. The minimum absolute atomic E-state index is 0.0191. The van der Waals surface area contributed by atoms with Crippen LogP contribution in [0.3, 0.4) is 0 Å². The maximum absolute atomic E-state index is 13.3. The van der Waals surface area contributed by atoms with Gasteiger partial charge in [-0.2, -0.15) is 5.26 Å². The molecule has 0 amide bonds. The summed E-state index contributed by atoms with van der Waals surface area (Å²) in [4.78, 5) is 11.8. The lowest BCUT2D eigenvalue weighted by Crippen LogP contribution is -2.15. The Morgan fingerprint density at radius 2 is 2.19 bits per heavy atom. The van der Waals surface area contributed by atoms with Gasteiger partial charge in [-0.25, -0.2) is 8.78 Å². The highest BCUT2D eigenvalue weighted by Gasteiger charge is 2.21. The van der Waals surface area contributed by atoms with E-state index in [0.717, 1.165) is 18.2 Å². The summed E-state index contributed by atoms with van der Waals surface area (Å²) in [6, 6.07) is 4.61. The van der Waals surface area contributed by atoms with E-state index < -0.39 is 23.3 Å². The standard InChI is InChI=1S/C12H11F2NO/c1-2-8(5-6-15)12(16)10-7-9(13)3-4-11(10)14/h3-4,7-8H,2,5H2,1H3. The van der Waals surface area contributed by atoms with Crippen molar-refractivity contribution in [1.29, 1.82) is 5.26 Å². The summed E-state index contributed by atoms with van der Waals surface area (Å²) in [5, 5.41) is 8.52. The first kappa shape index (κ1) is 12.3. The molecule has 0 aromatic heterocycles. The van der Waals surface area contributed by atoms with Gasteiger partial charge in [-0.15, -0.1) is 0 Å². The van der Waals surface area contributed by atoms with Crippen LogP contribution in [0.4, 0.5) is 8.78 Å². The van der Waals surface area contributed by atoms with Gasteiger partial charge in [-0.1, -0.05) is 6.92 Å². The lowest BCUT2D eigenvalue weighted by Gasteiger charge is -2.10. The van der Waals surface area contributed by atoms with Crippen LogP contribution in [0.5, 0.6) is 0 Å². The van der Waals surface area contributed by atoms with Crippen LogP contribution < -0.4 is 0 Å². The number of Topliss-reactive ketones (excluding diaryl/α,β-unsaturated/α-hetero) is 1. The van der Waals surface area contributed by atoms with E-state index in [4.69, 9.17) is 5.26 Å². The van der Waals surface area contributed by atoms with E-state index in [1.165, 1.54) is 0 Å². The molecule has 0 aliphatic rings. The van der Waals surface area contributed by atoms with E-state index >= 15 is 0 Å². The van der Waals surface area contributed by atoms with Gasteiger partial charge in [0.25, 0.3) is 0 Å². The lowest BCUT2D eigenvalue weighted by molar-refractivity contribution is 0.0914. The zero-order chi connectivity index (χ0) is 12.1. The quantitative estimate of drug-likeness (QED) is 0.736. The molecule has 0 aliphatic carbocycles. The predicted octanol–water partition coefficient (Wildman–Crippen LogP) is 3.09. The summed E-state index contributed by atoms with van der Waals surface area (Å²) < 4.78 is 26.2. The molecule has 0 fully saturated rings. The third kappa shape index (κ3) is 2.63. The molecule has 0 saturated heterocycles. The molecule has 0 spiro atoms. The van der Waals surface area contributed by atoms with Crippen molar-refractivity contribution in [2.75, 3.05) is 0 Å². The third-order valence-corrected chi connectivity index (χ3v) is 2.40. The molecule has 1 unspecified atom stereocenters. The van der Waals surface area contributed by atoms with E-state index in [0.29, 0.717) is 6.42 Å². The van der Waals surface area contributed by atoms with Crippen molar-refractivity contribution in [2.45, 2.75) is 19.8 Å². The zero-order valence-electron chi connectivity index (χ0n) is 8.84. The molecule has 4 heteroatoms. The molecule has 2 nitrogen and oxygen atoms in total. The summed E-state index contributed by atoms with van der Waals surface area (Å²) in [6.45, 7) is 1.73. The molecular formula is C12H11F2NO. The Balaban J connectivity index is 3.03. The van der Waals surface area contributed by atoms with Crippen molar-refractivity contribution >= 4 is 5.78 Å². The summed E-state index contributed by atoms with van der Waals surface area (Å²) in [7, 11) is 0. The Hall–Kier alpha value is -1.76. The number of ketones is 1. The predicted molar refractivity (Wildman–Crippen MR) is 54.7 cm³/mol. The second kappa shape index (κ2) is 5.36. The Labute approximate surface area is 92.5 Å². The minimum atomic E-state index is -0.747. The number of carbonyl (C=O) groups excluding carboxylic acids is 1. The van der Waals surface area contributed by atoms with Crippen LogP contribution in [0.2, 0.25) is 0 Å². The lowest BCUT2D eigenvalue weighted by atomic mass is 9.92. The summed E-state index contributed by atoms with van der Waals surface area (Å²) in [5.41, 5.74) is -0.276. The highest BCUT2D eigenvalue weighted by atomic mass is 19.1. The molecule has 16 heavy (non-hydrogen) atoms. The van der Waals surface area contributed by atoms with Gasteiger partial charge in [0, 0.05) is 12.3 Å². The van der Waals surface area contributed by atoms with Crippen LogP contribution in [0.25, 0.3) is 0 Å². The van der Waals surface area contributed by atoms with Crippen molar-refractivity contribution in [3.05, 3.63) is 35.4 Å². The molecule has 84 valence electrons. The first-order valence-corrected chi connectivity index (χ1v) is 4.96. The molecular weight excluding hydrogens is 212 g/mol. The Morgan fingerprint density at radius 3 is 2.75 bits per heavy atom. The SMILES string of the molecule is CCC(CC#N)C(=O)c1cc(F)ccc1F. The van der Waals surface area contributed by atoms with Gasteiger partial charge >= 0.3 is 0 Å². The maximum Gasteiger partial charge on any atom is 0.170 e. The fourth-order valence-corrected chi connectivity index (χ4v) is 1.44. The smallest absolute Gasteiger partial charge is 0.170 e. The fourth-order valence-electron chi connectivity index (χ4n) is 1.44. The van der Waals surface area contributed by atoms with Gasteiger partial charge < -0.3 is 0 Å². The Bertz CT molecular complexity index is 437. The number of nitrogens with zero attached hydrogens (tertiary/aromatic N) is 1. The monoisotopic (exact) mass is 223 g/mol. The van der Waals surface area contributed by atoms with Crippen LogP contribution in [0.15, 0.2) is 18.2 Å². The van der Waals surface area contributed by atoms with Crippen molar-refractivity contribution in [3.63, 3.8) is 0 Å². The van der Waals surface area contributed by atoms with Gasteiger partial charge in [-0.3, -0.25) is 4.79 Å². The number of rotatable bonds is 4. The number of hydrogen-bond acceptors (Lipinski definition) is 2. The fraction of sp³-hybridized carbons (Fsp3) is 0.333. The molecule has 1 aromatic carbocycles. The van der Waals surface area contributed by atoms with Gasteiger partial charge in [0.15, 0.2) is 5.78 Å². The van der Waals surface area contributed by atoms with Gasteiger partial charge in [-0.05, 0) is 24.6 Å². The van der Waals surface area contributed by atoms with E-state index in [9.17, 15) is 13.6 Å². The molecule has 0 bridgehead atoms. The molecule has 1 atom stereocenters. The van der Waals surface area contributed by atoms with E-state index in [1.54, 1.807) is 6.92 Å². The number of nitriles is 1. The van der Waals surface area contributed by atoms with Crippen molar-refractivity contribution in [1.82, 2.24) is 0 Å². The van der Waals surface area contributed by atoms with Crippen LogP contribution >= 0.6 is 0 Å². The number of hydrogen-bond donors (Lipinski definition) is 0. The van der Waals surface area contributed by atoms with E-state index in [1.807, 2.05) is 6.07 Å². The Morgan fingerprint density at radius 1 is 1.50 bits per heavy atom. The largest absolute Gasteiger partial charge is 0.294 e. The normalized spacial score (nSPS) is 11.9. The summed E-state index contributed by atoms with van der Waals surface area (Å²) in [6.07, 6.45) is 0.452. The first-order chi connectivity index (χ1) is 7.60. The molecule has 0 N–H and O–H groups in total. The van der Waals surface area contributed by atoms with Crippen LogP contribution in [0, 0.1) is 28.9 Å². The van der Waals surface area contributed by atoms with E-state index in [-0.39, 0.29) is 12.0 Å². The maximum atomic E-state index is 13.3. The van der Waals surface area contributed by atoms with E-state index in [2.05, 4.69) is 0 Å². The van der Waals surface area contributed by atoms with Gasteiger partial charge in [0.1, 0.15) is 11.6 Å². The third-order valence-electron chi connectivity index (χ3n) is 2.40. The molecule has 1 aromatic rings. The summed E-state index contributed by atoms with van der Waals surface area (Å²) in [5.74, 6) is -2.48. The Kier molecular flexibility index (Phi) is 4.12. The molecule has 1 rings (SSSR count). The second-order valence-electron chi connectivity index (χ2n) is 3.46. The second-order valence-corrected chi connectivity index (χ2v) is 3.46. The average Bonchev–Trinajstić information content (AvgIpc) is 2.28. The highest BCUT2D eigenvalue weighted by Crippen LogP contribution is 2.19. The van der Waals surface area contributed by atoms with Crippen molar-refractivity contribution < 1.29 is 13.6 Å². The molecule has 0 heterocycles. The summed E-state index contributed by atoms with van der Waals surface area (Å²) >= 11 is 0. The zero-order valence-corrected chi connectivity index (χ0v) is 8.84. The topological polar surface area (TPSA) is 40.9 Å². The minimum Gasteiger partial charge on any atom is -0.294 e. The number of halogens is 2. The number of carbonyl (C=O) groups is 1. The van der Waals surface area contributed by atoms with Crippen molar-refractivity contribution in [3.8, 4) is 6.07 Å². The molecule has 0 radical (unpaired) electrons. The molecule has 0 saturated carbocycles.